The highest BCUT2D eigenvalue weighted by molar-refractivity contribution is 7.85. The van der Waals surface area contributed by atoms with Crippen LogP contribution in [-0.4, -0.2) is 17.5 Å². The van der Waals surface area contributed by atoms with Crippen LogP contribution >= 0.6 is 0 Å². The smallest absolute Gasteiger partial charge is 0.166 e. The normalized spacial score (nSPS) is 10.8. The van der Waals surface area contributed by atoms with Gasteiger partial charge in [0.15, 0.2) is 5.82 Å². The zero-order valence-electron chi connectivity index (χ0n) is 8.27. The van der Waals surface area contributed by atoms with E-state index in [0.717, 1.165) is 11.2 Å². The van der Waals surface area contributed by atoms with Gasteiger partial charge in [0, 0.05) is 11.6 Å². The second kappa shape index (κ2) is 3.88. The summed E-state index contributed by atoms with van der Waals surface area (Å²) in [6, 6.07) is 10.2. The van der Waals surface area contributed by atoms with Crippen molar-refractivity contribution < 1.29 is 0 Å². The molecule has 0 atom stereocenters. The average molecular weight is 204 g/mol. The minimum Gasteiger partial charge on any atom is -0.236 e. The Morgan fingerprint density at radius 2 is 1.93 bits per heavy atom. The Labute approximate surface area is 86.1 Å². The largest absolute Gasteiger partial charge is 0.236 e. The van der Waals surface area contributed by atoms with Gasteiger partial charge in [-0.15, -0.1) is 0 Å². The van der Waals surface area contributed by atoms with E-state index in [9.17, 15) is 0 Å². The monoisotopic (exact) mass is 204 g/mol. The van der Waals surface area contributed by atoms with Gasteiger partial charge in [-0.25, -0.2) is 9.35 Å². The van der Waals surface area contributed by atoms with Crippen LogP contribution in [-0.2, 0) is 10.7 Å². The van der Waals surface area contributed by atoms with E-state index in [1.54, 1.807) is 0 Å². The molecular weight excluding hydrogens is 192 g/mol. The molecule has 1 heterocycles. The number of pyridine rings is 1. The molecule has 2 aromatic rings. The van der Waals surface area contributed by atoms with Crippen molar-refractivity contribution in [3.8, 4) is 0 Å². The first-order chi connectivity index (χ1) is 6.77. The average Bonchev–Trinajstić information content (AvgIpc) is 2.18. The molecule has 0 N–H and O–H groups in total. The van der Waals surface area contributed by atoms with Gasteiger partial charge in [0.1, 0.15) is 0 Å². The molecular formula is C11H12N2S. The van der Waals surface area contributed by atoms with E-state index in [1.165, 1.54) is 5.39 Å². The summed E-state index contributed by atoms with van der Waals surface area (Å²) in [5.74, 6) is 0.858. The van der Waals surface area contributed by atoms with E-state index < -0.39 is 0 Å². The highest BCUT2D eigenvalue weighted by Crippen LogP contribution is 2.22. The molecule has 0 aliphatic carbocycles. The Morgan fingerprint density at radius 3 is 2.71 bits per heavy atom. The van der Waals surface area contributed by atoms with E-state index in [2.05, 4.69) is 34.0 Å². The fraction of sp³-hybridized carbons (Fsp3) is 0.182. The summed E-state index contributed by atoms with van der Waals surface area (Å²) in [6.45, 7) is 0. The topological polar surface area (TPSA) is 25.2 Å². The number of benzene rings is 1. The van der Waals surface area contributed by atoms with E-state index in [4.69, 9.17) is 0 Å². The number of aromatic nitrogens is 1. The highest BCUT2D eigenvalue weighted by Gasteiger charge is 1.98. The van der Waals surface area contributed by atoms with Crippen molar-refractivity contribution in [3.63, 3.8) is 0 Å². The number of hydrogen-bond acceptors (Lipinski definition) is 2. The first kappa shape index (κ1) is 9.34. The molecule has 0 saturated carbocycles. The lowest BCUT2D eigenvalue weighted by Crippen LogP contribution is -1.81. The lowest BCUT2D eigenvalue weighted by molar-refractivity contribution is 1.32. The van der Waals surface area contributed by atoms with Crippen molar-refractivity contribution >= 4 is 27.3 Å². The first-order valence-electron chi connectivity index (χ1n) is 4.40. The summed E-state index contributed by atoms with van der Waals surface area (Å²) >= 11 is 0. The summed E-state index contributed by atoms with van der Waals surface area (Å²) in [5, 5.41) is 2.34. The molecule has 3 heteroatoms. The first-order valence-corrected chi connectivity index (χ1v) is 6.40. The Kier molecular flexibility index (Phi) is 2.59. The zero-order valence-corrected chi connectivity index (χ0v) is 9.08. The molecule has 1 aromatic carbocycles. The van der Waals surface area contributed by atoms with Crippen LogP contribution in [0.5, 0.6) is 0 Å². The van der Waals surface area contributed by atoms with Gasteiger partial charge < -0.3 is 0 Å². The van der Waals surface area contributed by atoms with Gasteiger partial charge in [0.05, 0.1) is 0 Å². The molecule has 0 radical (unpaired) electrons. The van der Waals surface area contributed by atoms with E-state index in [0.29, 0.717) is 0 Å². The van der Waals surface area contributed by atoms with Gasteiger partial charge >= 0.3 is 0 Å². The lowest BCUT2D eigenvalue weighted by Gasteiger charge is -2.00. The molecule has 0 bridgehead atoms. The summed E-state index contributed by atoms with van der Waals surface area (Å²) in [7, 11) is 0.0399. The second-order valence-electron chi connectivity index (χ2n) is 3.22. The van der Waals surface area contributed by atoms with Crippen LogP contribution in [0, 0.1) is 0 Å². The van der Waals surface area contributed by atoms with Gasteiger partial charge in [-0.05, 0) is 24.0 Å². The molecule has 0 aliphatic rings. The van der Waals surface area contributed by atoms with E-state index >= 15 is 0 Å². The standard InChI is InChI=1S/C11H12N2S/c1-14(2)13-11-10-6-4-3-5-9(10)7-8-12-11/h3-8H,1-2H3. The molecule has 0 spiro atoms. The summed E-state index contributed by atoms with van der Waals surface area (Å²) in [4.78, 5) is 4.29. The number of nitrogens with zero attached hydrogens (tertiary/aromatic N) is 2. The Hall–Kier alpha value is -1.22. The minimum absolute atomic E-state index is 0.0399. The lowest BCUT2D eigenvalue weighted by atomic mass is 10.2. The molecule has 2 nitrogen and oxygen atoms in total. The minimum atomic E-state index is 0.0399. The van der Waals surface area contributed by atoms with Crippen molar-refractivity contribution in [3.05, 3.63) is 36.5 Å². The van der Waals surface area contributed by atoms with Gasteiger partial charge in [0.2, 0.25) is 0 Å². The van der Waals surface area contributed by atoms with Crippen LogP contribution in [0.2, 0.25) is 0 Å². The maximum Gasteiger partial charge on any atom is 0.166 e. The summed E-state index contributed by atoms with van der Waals surface area (Å²) < 4.78 is 4.50. The molecule has 0 saturated heterocycles. The highest BCUT2D eigenvalue weighted by atomic mass is 32.2. The molecule has 0 fully saturated rings. The maximum absolute atomic E-state index is 4.50. The van der Waals surface area contributed by atoms with Crippen molar-refractivity contribution in [1.82, 2.24) is 4.98 Å². The van der Waals surface area contributed by atoms with Crippen LogP contribution < -0.4 is 0 Å². The van der Waals surface area contributed by atoms with Crippen molar-refractivity contribution in [2.45, 2.75) is 0 Å². The van der Waals surface area contributed by atoms with Crippen molar-refractivity contribution in [2.24, 2.45) is 4.36 Å². The molecule has 1 aromatic heterocycles. The molecule has 2 rings (SSSR count). The van der Waals surface area contributed by atoms with Gasteiger partial charge in [-0.2, -0.15) is 0 Å². The molecule has 0 amide bonds. The van der Waals surface area contributed by atoms with Crippen LogP contribution in [0.3, 0.4) is 0 Å². The fourth-order valence-corrected chi connectivity index (χ4v) is 1.84. The van der Waals surface area contributed by atoms with Crippen LogP contribution in [0.15, 0.2) is 40.9 Å². The maximum atomic E-state index is 4.50. The van der Waals surface area contributed by atoms with E-state index in [-0.39, 0.29) is 10.7 Å². The zero-order chi connectivity index (χ0) is 9.97. The van der Waals surface area contributed by atoms with Crippen LogP contribution in [0.4, 0.5) is 5.82 Å². The predicted molar refractivity (Wildman–Crippen MR) is 63.0 cm³/mol. The number of rotatable bonds is 1. The quantitative estimate of drug-likeness (QED) is 0.701. The van der Waals surface area contributed by atoms with Crippen molar-refractivity contribution in [1.29, 1.82) is 0 Å². The fourth-order valence-electron chi connectivity index (χ4n) is 1.35. The second-order valence-corrected chi connectivity index (χ2v) is 4.95. The predicted octanol–water partition coefficient (Wildman–Crippen LogP) is 2.93. The van der Waals surface area contributed by atoms with Gasteiger partial charge in [-0.1, -0.05) is 35.0 Å². The van der Waals surface area contributed by atoms with E-state index in [1.807, 2.05) is 24.4 Å². The molecule has 0 aliphatic heterocycles. The Morgan fingerprint density at radius 1 is 1.14 bits per heavy atom. The SMILES string of the molecule is CS(C)=Nc1nccc2ccccc12. The Balaban J connectivity index is 2.71. The number of hydrogen-bond donors (Lipinski definition) is 0. The number of fused-ring (bicyclic) bond motifs is 1. The van der Waals surface area contributed by atoms with Gasteiger partial charge in [0.25, 0.3) is 0 Å². The third kappa shape index (κ3) is 1.82. The van der Waals surface area contributed by atoms with Crippen LogP contribution in [0.25, 0.3) is 10.8 Å². The molecule has 0 unspecified atom stereocenters. The Bertz CT molecular complexity index is 482. The summed E-state index contributed by atoms with van der Waals surface area (Å²) in [5.41, 5.74) is 0. The van der Waals surface area contributed by atoms with Crippen molar-refractivity contribution in [2.75, 3.05) is 12.5 Å². The van der Waals surface area contributed by atoms with Crippen LogP contribution in [0.1, 0.15) is 0 Å². The summed E-state index contributed by atoms with van der Waals surface area (Å²) in [6.07, 6.45) is 5.99. The van der Waals surface area contributed by atoms with Gasteiger partial charge in [-0.3, -0.25) is 0 Å². The third-order valence-electron chi connectivity index (χ3n) is 1.92. The molecule has 14 heavy (non-hydrogen) atoms. The molecule has 72 valence electrons. The third-order valence-corrected chi connectivity index (χ3v) is 2.46.